The normalized spacial score (nSPS) is 30.0. The van der Waals surface area contributed by atoms with Gasteiger partial charge in [0.1, 0.15) is 0 Å². The molecule has 4 rings (SSSR count). The zero-order valence-corrected chi connectivity index (χ0v) is 11.7. The van der Waals surface area contributed by atoms with Gasteiger partial charge in [0.2, 0.25) is 0 Å². The van der Waals surface area contributed by atoms with E-state index in [9.17, 15) is 0 Å². The van der Waals surface area contributed by atoms with Crippen molar-refractivity contribution >= 4 is 0 Å². The van der Waals surface area contributed by atoms with Gasteiger partial charge in [-0.2, -0.15) is 0 Å². The van der Waals surface area contributed by atoms with Crippen molar-refractivity contribution in [2.45, 2.75) is 69.4 Å². The minimum Gasteiger partial charge on any atom is -0.298 e. The van der Waals surface area contributed by atoms with Gasteiger partial charge in [0, 0.05) is 31.2 Å². The largest absolute Gasteiger partial charge is 0.298 e. The molecule has 0 N–H and O–H groups in total. The van der Waals surface area contributed by atoms with Gasteiger partial charge in [-0.05, 0) is 32.1 Å². The minimum absolute atomic E-state index is 0.571. The van der Waals surface area contributed by atoms with Crippen molar-refractivity contribution in [3.8, 4) is 0 Å². The number of likely N-dealkylation sites (tertiary alicyclic amines) is 1. The molecule has 3 aliphatic rings. The third-order valence-corrected chi connectivity index (χ3v) is 5.18. The van der Waals surface area contributed by atoms with Crippen LogP contribution in [0.5, 0.6) is 0 Å². The molecule has 1 aromatic heterocycles. The van der Waals surface area contributed by atoms with Crippen molar-refractivity contribution in [1.29, 1.82) is 0 Å². The van der Waals surface area contributed by atoms with Gasteiger partial charge in [-0.15, -0.1) is 5.10 Å². The summed E-state index contributed by atoms with van der Waals surface area (Å²) in [4.78, 5) is 2.71. The molecule has 0 aromatic carbocycles. The van der Waals surface area contributed by atoms with Crippen molar-refractivity contribution in [2.75, 3.05) is 13.1 Å². The molecule has 0 spiro atoms. The summed E-state index contributed by atoms with van der Waals surface area (Å²) in [7, 11) is 0. The average Bonchev–Trinajstić information content (AvgIpc) is 3.01. The molecule has 2 aliphatic carbocycles. The Morgan fingerprint density at radius 3 is 2.58 bits per heavy atom. The van der Waals surface area contributed by atoms with Crippen molar-refractivity contribution in [3.05, 3.63) is 11.9 Å². The lowest BCUT2D eigenvalue weighted by atomic mass is 9.94. The SMILES string of the molecule is c1c(C2CC2)nnn1C1CCN(C2CCCCC2)C1. The van der Waals surface area contributed by atoms with E-state index in [4.69, 9.17) is 0 Å². The summed E-state index contributed by atoms with van der Waals surface area (Å²) in [5.41, 5.74) is 1.23. The van der Waals surface area contributed by atoms with E-state index in [0.29, 0.717) is 6.04 Å². The van der Waals surface area contributed by atoms with Crippen LogP contribution in [-0.4, -0.2) is 39.0 Å². The van der Waals surface area contributed by atoms with Gasteiger partial charge in [0.05, 0.1) is 11.7 Å². The first kappa shape index (κ1) is 11.9. The Labute approximate surface area is 115 Å². The van der Waals surface area contributed by atoms with Gasteiger partial charge < -0.3 is 0 Å². The van der Waals surface area contributed by atoms with Gasteiger partial charge in [-0.1, -0.05) is 24.5 Å². The van der Waals surface area contributed by atoms with Crippen molar-refractivity contribution < 1.29 is 0 Å². The first-order chi connectivity index (χ1) is 9.40. The van der Waals surface area contributed by atoms with E-state index < -0.39 is 0 Å². The molecule has 1 aromatic rings. The maximum absolute atomic E-state index is 4.38. The standard InChI is InChI=1S/C15H24N4/c1-2-4-13(5-3-1)18-9-8-14(10-18)19-11-15(16-17-19)12-6-7-12/h11-14H,1-10H2. The van der Waals surface area contributed by atoms with Crippen LogP contribution in [0.2, 0.25) is 0 Å². The quantitative estimate of drug-likeness (QED) is 0.838. The molecule has 19 heavy (non-hydrogen) atoms. The minimum atomic E-state index is 0.571. The molecule has 1 unspecified atom stereocenters. The fourth-order valence-electron chi connectivity index (χ4n) is 3.80. The fourth-order valence-corrected chi connectivity index (χ4v) is 3.80. The monoisotopic (exact) mass is 260 g/mol. The predicted octanol–water partition coefficient (Wildman–Crippen LogP) is 2.74. The molecule has 0 radical (unpaired) electrons. The summed E-state index contributed by atoms with van der Waals surface area (Å²) in [6.45, 7) is 2.45. The molecule has 104 valence electrons. The summed E-state index contributed by atoms with van der Waals surface area (Å²) < 4.78 is 2.15. The zero-order chi connectivity index (χ0) is 12.7. The molecule has 1 atom stereocenters. The van der Waals surface area contributed by atoms with E-state index in [2.05, 4.69) is 26.1 Å². The molecule has 2 saturated carbocycles. The number of aromatic nitrogens is 3. The molecule has 4 heteroatoms. The van der Waals surface area contributed by atoms with E-state index in [1.165, 1.54) is 70.2 Å². The third kappa shape index (κ3) is 2.42. The lowest BCUT2D eigenvalue weighted by Crippen LogP contribution is -2.35. The number of nitrogens with zero attached hydrogens (tertiary/aromatic N) is 4. The maximum Gasteiger partial charge on any atom is 0.0858 e. The van der Waals surface area contributed by atoms with Crippen LogP contribution in [0.3, 0.4) is 0 Å². The molecule has 2 heterocycles. The molecular weight excluding hydrogens is 236 g/mol. The maximum atomic E-state index is 4.38. The Bertz CT molecular complexity index is 431. The van der Waals surface area contributed by atoms with Gasteiger partial charge in [-0.25, -0.2) is 4.68 Å². The zero-order valence-electron chi connectivity index (χ0n) is 11.7. The Morgan fingerprint density at radius 2 is 1.79 bits per heavy atom. The van der Waals surface area contributed by atoms with Crippen molar-refractivity contribution in [3.63, 3.8) is 0 Å². The van der Waals surface area contributed by atoms with E-state index >= 15 is 0 Å². The van der Waals surface area contributed by atoms with Crippen LogP contribution >= 0.6 is 0 Å². The molecule has 1 aliphatic heterocycles. The van der Waals surface area contributed by atoms with Crippen LogP contribution < -0.4 is 0 Å². The van der Waals surface area contributed by atoms with Gasteiger partial charge in [0.15, 0.2) is 0 Å². The second-order valence-electron chi connectivity index (χ2n) is 6.63. The van der Waals surface area contributed by atoms with Crippen LogP contribution in [0.1, 0.15) is 69.0 Å². The second kappa shape index (κ2) is 4.89. The summed E-state index contributed by atoms with van der Waals surface area (Å²) >= 11 is 0. The van der Waals surface area contributed by atoms with Crippen LogP contribution in [0.25, 0.3) is 0 Å². The second-order valence-corrected chi connectivity index (χ2v) is 6.63. The molecule has 4 nitrogen and oxygen atoms in total. The average molecular weight is 260 g/mol. The van der Waals surface area contributed by atoms with Crippen LogP contribution in [-0.2, 0) is 0 Å². The summed E-state index contributed by atoms with van der Waals surface area (Å²) in [5.74, 6) is 0.726. The van der Waals surface area contributed by atoms with Crippen molar-refractivity contribution in [2.24, 2.45) is 0 Å². The van der Waals surface area contributed by atoms with Crippen LogP contribution in [0.4, 0.5) is 0 Å². The summed E-state index contributed by atoms with van der Waals surface area (Å²) in [6, 6.07) is 1.42. The topological polar surface area (TPSA) is 34.0 Å². The van der Waals surface area contributed by atoms with Crippen LogP contribution in [0.15, 0.2) is 6.20 Å². The van der Waals surface area contributed by atoms with E-state index in [0.717, 1.165) is 12.0 Å². The highest BCUT2D eigenvalue weighted by atomic mass is 15.4. The lowest BCUT2D eigenvalue weighted by molar-refractivity contribution is 0.184. The molecule has 3 fully saturated rings. The molecule has 0 bridgehead atoms. The van der Waals surface area contributed by atoms with Gasteiger partial charge in [-0.3, -0.25) is 4.90 Å². The number of hydrogen-bond donors (Lipinski definition) is 0. The number of hydrogen-bond acceptors (Lipinski definition) is 3. The van der Waals surface area contributed by atoms with Gasteiger partial charge >= 0.3 is 0 Å². The highest BCUT2D eigenvalue weighted by Crippen LogP contribution is 2.39. The van der Waals surface area contributed by atoms with E-state index in [1.807, 2.05) is 0 Å². The summed E-state index contributed by atoms with van der Waals surface area (Å²) in [6.07, 6.45) is 13.2. The summed E-state index contributed by atoms with van der Waals surface area (Å²) in [5, 5.41) is 8.73. The number of rotatable bonds is 3. The predicted molar refractivity (Wildman–Crippen MR) is 74.1 cm³/mol. The fraction of sp³-hybridized carbons (Fsp3) is 0.867. The first-order valence-electron chi connectivity index (χ1n) is 8.06. The molecule has 1 saturated heterocycles. The van der Waals surface area contributed by atoms with Gasteiger partial charge in [0.25, 0.3) is 0 Å². The Morgan fingerprint density at radius 1 is 0.947 bits per heavy atom. The Hall–Kier alpha value is -0.900. The highest BCUT2D eigenvalue weighted by molar-refractivity contribution is 5.09. The third-order valence-electron chi connectivity index (χ3n) is 5.18. The lowest BCUT2D eigenvalue weighted by Gasteiger charge is -2.30. The first-order valence-corrected chi connectivity index (χ1v) is 8.06. The molecule has 0 amide bonds. The van der Waals surface area contributed by atoms with Crippen LogP contribution in [0, 0.1) is 0 Å². The van der Waals surface area contributed by atoms with E-state index in [1.54, 1.807) is 0 Å². The van der Waals surface area contributed by atoms with E-state index in [-0.39, 0.29) is 0 Å². The molecular formula is C15H24N4. The smallest absolute Gasteiger partial charge is 0.0858 e. The van der Waals surface area contributed by atoms with Crippen molar-refractivity contribution in [1.82, 2.24) is 19.9 Å². The Kier molecular flexibility index (Phi) is 3.06. The highest BCUT2D eigenvalue weighted by Gasteiger charge is 2.32. The Balaban J connectivity index is 1.39.